The fraction of sp³-hybridized carbons (Fsp3) is 0.333. The monoisotopic (exact) mass is 175 g/mol. The van der Waals surface area contributed by atoms with Gasteiger partial charge in [-0.25, -0.2) is 0 Å². The van der Waals surface area contributed by atoms with Crippen LogP contribution in [-0.4, -0.2) is 4.57 Å². The first kappa shape index (κ1) is 9.85. The van der Waals surface area contributed by atoms with Crippen LogP contribution in [-0.2, 0) is 7.05 Å². The van der Waals surface area contributed by atoms with Crippen LogP contribution in [0.3, 0.4) is 0 Å². The zero-order chi connectivity index (χ0) is 9.84. The van der Waals surface area contributed by atoms with Crippen LogP contribution < -0.4 is 0 Å². The van der Waals surface area contributed by atoms with E-state index >= 15 is 0 Å². The predicted molar refractivity (Wildman–Crippen MR) is 59.0 cm³/mol. The number of hydrogen-bond donors (Lipinski definition) is 0. The maximum Gasteiger partial charge on any atom is 0.0477 e. The lowest BCUT2D eigenvalue weighted by Gasteiger charge is -1.95. The van der Waals surface area contributed by atoms with Crippen molar-refractivity contribution in [1.29, 1.82) is 0 Å². The van der Waals surface area contributed by atoms with Gasteiger partial charge in [0.25, 0.3) is 0 Å². The summed E-state index contributed by atoms with van der Waals surface area (Å²) in [5, 5.41) is 1.33. The van der Waals surface area contributed by atoms with Gasteiger partial charge in [-0.1, -0.05) is 25.5 Å². The molecule has 1 aromatic carbocycles. The lowest BCUT2D eigenvalue weighted by atomic mass is 10.2. The van der Waals surface area contributed by atoms with Gasteiger partial charge in [0.15, 0.2) is 0 Å². The first-order valence-electron chi connectivity index (χ1n) is 4.79. The fourth-order valence-electron chi connectivity index (χ4n) is 1.40. The average molecular weight is 175 g/mol. The molecule has 0 saturated carbocycles. The minimum atomic E-state index is 1.30. The Morgan fingerprint density at radius 1 is 1.08 bits per heavy atom. The topological polar surface area (TPSA) is 4.93 Å². The molecular formula is C12H17N. The van der Waals surface area contributed by atoms with Crippen molar-refractivity contribution in [2.45, 2.75) is 20.8 Å². The van der Waals surface area contributed by atoms with Crippen LogP contribution >= 0.6 is 0 Å². The van der Waals surface area contributed by atoms with Gasteiger partial charge in [-0.3, -0.25) is 0 Å². The summed E-state index contributed by atoms with van der Waals surface area (Å²) in [6, 6.07) is 8.64. The summed E-state index contributed by atoms with van der Waals surface area (Å²) < 4.78 is 2.13. The van der Waals surface area contributed by atoms with E-state index in [1.807, 2.05) is 13.8 Å². The van der Waals surface area contributed by atoms with Crippen LogP contribution in [0, 0.1) is 6.92 Å². The van der Waals surface area contributed by atoms with Gasteiger partial charge in [-0.15, -0.1) is 0 Å². The van der Waals surface area contributed by atoms with Crippen molar-refractivity contribution in [3.63, 3.8) is 0 Å². The maximum absolute atomic E-state index is 2.20. The highest BCUT2D eigenvalue weighted by Crippen LogP contribution is 2.15. The van der Waals surface area contributed by atoms with E-state index in [1.165, 1.54) is 16.5 Å². The molecule has 0 bridgehead atoms. The van der Waals surface area contributed by atoms with Gasteiger partial charge in [0, 0.05) is 18.8 Å². The second kappa shape index (κ2) is 4.13. The highest BCUT2D eigenvalue weighted by Gasteiger charge is 1.95. The van der Waals surface area contributed by atoms with Gasteiger partial charge in [0.05, 0.1) is 0 Å². The van der Waals surface area contributed by atoms with E-state index in [4.69, 9.17) is 0 Å². The van der Waals surface area contributed by atoms with Gasteiger partial charge in [-0.2, -0.15) is 0 Å². The molecule has 1 heteroatoms. The number of nitrogens with zero attached hydrogens (tertiary/aromatic N) is 1. The fourth-order valence-corrected chi connectivity index (χ4v) is 1.40. The first-order valence-corrected chi connectivity index (χ1v) is 4.79. The number of aromatic nitrogens is 1. The quantitative estimate of drug-likeness (QED) is 0.577. The van der Waals surface area contributed by atoms with Crippen LogP contribution in [0.1, 0.15) is 19.4 Å². The molecule has 2 rings (SSSR count). The molecule has 0 unspecified atom stereocenters. The number of hydrogen-bond acceptors (Lipinski definition) is 0. The third-order valence-electron chi connectivity index (χ3n) is 2.04. The van der Waals surface area contributed by atoms with Crippen molar-refractivity contribution in [1.82, 2.24) is 4.57 Å². The van der Waals surface area contributed by atoms with E-state index in [-0.39, 0.29) is 0 Å². The van der Waals surface area contributed by atoms with E-state index in [0.717, 1.165) is 0 Å². The molecule has 0 aliphatic carbocycles. The van der Waals surface area contributed by atoms with Crippen LogP contribution in [0.15, 0.2) is 30.5 Å². The molecule has 0 saturated heterocycles. The predicted octanol–water partition coefficient (Wildman–Crippen LogP) is 3.51. The lowest BCUT2D eigenvalue weighted by molar-refractivity contribution is 0.969. The molecule has 0 fully saturated rings. The first-order chi connectivity index (χ1) is 6.27. The van der Waals surface area contributed by atoms with Crippen LogP contribution in [0.25, 0.3) is 10.9 Å². The summed E-state index contributed by atoms with van der Waals surface area (Å²) in [6.07, 6.45) is 2.09. The summed E-state index contributed by atoms with van der Waals surface area (Å²) in [4.78, 5) is 0. The molecule has 1 heterocycles. The zero-order valence-electron chi connectivity index (χ0n) is 8.83. The largest absolute Gasteiger partial charge is 0.351 e. The van der Waals surface area contributed by atoms with Crippen LogP contribution in [0.5, 0.6) is 0 Å². The molecule has 0 radical (unpaired) electrons. The standard InChI is InChI=1S/C10H11N.C2H6/c1-8-3-4-10-9(7-8)5-6-11(10)2;1-2/h3-7H,1-2H3;1-2H3. The minimum Gasteiger partial charge on any atom is -0.351 e. The van der Waals surface area contributed by atoms with Gasteiger partial charge in [-0.05, 0) is 30.5 Å². The van der Waals surface area contributed by atoms with E-state index in [1.54, 1.807) is 0 Å². The molecule has 0 amide bonds. The summed E-state index contributed by atoms with van der Waals surface area (Å²) in [5.41, 5.74) is 2.62. The Labute approximate surface area is 80.0 Å². The van der Waals surface area contributed by atoms with Crippen molar-refractivity contribution < 1.29 is 0 Å². The molecule has 1 nitrogen and oxygen atoms in total. The van der Waals surface area contributed by atoms with Gasteiger partial charge < -0.3 is 4.57 Å². The van der Waals surface area contributed by atoms with E-state index in [9.17, 15) is 0 Å². The Morgan fingerprint density at radius 2 is 1.77 bits per heavy atom. The number of benzene rings is 1. The summed E-state index contributed by atoms with van der Waals surface area (Å²) in [7, 11) is 2.07. The zero-order valence-corrected chi connectivity index (χ0v) is 8.83. The third kappa shape index (κ3) is 1.92. The second-order valence-corrected chi connectivity index (χ2v) is 2.99. The molecular weight excluding hydrogens is 158 g/mol. The van der Waals surface area contributed by atoms with Crippen LogP contribution in [0.2, 0.25) is 0 Å². The Hall–Kier alpha value is -1.24. The van der Waals surface area contributed by atoms with Crippen molar-refractivity contribution in [3.05, 3.63) is 36.0 Å². The highest BCUT2D eigenvalue weighted by atomic mass is 14.9. The second-order valence-electron chi connectivity index (χ2n) is 2.99. The van der Waals surface area contributed by atoms with Crippen LogP contribution in [0.4, 0.5) is 0 Å². The van der Waals surface area contributed by atoms with Gasteiger partial charge in [0.2, 0.25) is 0 Å². The molecule has 0 aliphatic heterocycles. The Bertz CT molecular complexity index is 385. The maximum atomic E-state index is 2.20. The third-order valence-corrected chi connectivity index (χ3v) is 2.04. The summed E-state index contributed by atoms with van der Waals surface area (Å²) in [6.45, 7) is 6.12. The van der Waals surface area contributed by atoms with Gasteiger partial charge in [0.1, 0.15) is 0 Å². The molecule has 13 heavy (non-hydrogen) atoms. The molecule has 1 aromatic heterocycles. The molecule has 0 aliphatic rings. The number of aryl methyl sites for hydroxylation is 2. The Kier molecular flexibility index (Phi) is 3.13. The lowest BCUT2D eigenvalue weighted by Crippen LogP contribution is -1.82. The summed E-state index contributed by atoms with van der Waals surface area (Å²) in [5.74, 6) is 0. The minimum absolute atomic E-state index is 1.30. The van der Waals surface area contributed by atoms with E-state index < -0.39 is 0 Å². The van der Waals surface area contributed by atoms with Crippen molar-refractivity contribution in [2.75, 3.05) is 0 Å². The molecule has 0 N–H and O–H groups in total. The molecule has 2 aromatic rings. The Balaban J connectivity index is 0.000000396. The van der Waals surface area contributed by atoms with Crippen molar-refractivity contribution >= 4 is 10.9 Å². The Morgan fingerprint density at radius 3 is 2.46 bits per heavy atom. The van der Waals surface area contributed by atoms with Crippen molar-refractivity contribution in [3.8, 4) is 0 Å². The SMILES string of the molecule is CC.Cc1ccc2c(ccn2C)c1. The normalized spacial score (nSPS) is 9.54. The average Bonchev–Trinajstić information content (AvgIpc) is 2.51. The molecule has 0 spiro atoms. The van der Waals surface area contributed by atoms with E-state index in [2.05, 4.69) is 49.0 Å². The van der Waals surface area contributed by atoms with Gasteiger partial charge >= 0.3 is 0 Å². The van der Waals surface area contributed by atoms with Crippen molar-refractivity contribution in [2.24, 2.45) is 7.05 Å². The van der Waals surface area contributed by atoms with E-state index in [0.29, 0.717) is 0 Å². The molecule has 0 atom stereocenters. The number of fused-ring (bicyclic) bond motifs is 1. The molecule has 70 valence electrons. The highest BCUT2D eigenvalue weighted by molar-refractivity contribution is 5.80. The number of rotatable bonds is 0. The smallest absolute Gasteiger partial charge is 0.0477 e. The summed E-state index contributed by atoms with van der Waals surface area (Å²) >= 11 is 0.